The predicted molar refractivity (Wildman–Crippen MR) is 64.4 cm³/mol. The van der Waals surface area contributed by atoms with Gasteiger partial charge < -0.3 is 16.2 Å². The Morgan fingerprint density at radius 2 is 2.11 bits per heavy atom. The Morgan fingerprint density at radius 1 is 1.50 bits per heavy atom. The van der Waals surface area contributed by atoms with E-state index in [0.29, 0.717) is 6.54 Å². The number of alkyl halides is 1. The number of likely N-dealkylation sites (N-methyl/N-ethyl adjacent to an activating group) is 2. The molecule has 0 heterocycles. The van der Waals surface area contributed by atoms with Crippen LogP contribution < -0.4 is 16.5 Å². The fourth-order valence-corrected chi connectivity index (χ4v) is 1.46. The van der Waals surface area contributed by atoms with E-state index in [9.17, 15) is 14.0 Å². The van der Waals surface area contributed by atoms with Gasteiger partial charge in [-0.1, -0.05) is 0 Å². The molecule has 106 valence electrons. The van der Waals surface area contributed by atoms with Gasteiger partial charge in [0.25, 0.3) is 0 Å². The largest absolute Gasteiger partial charge is 0.480 e. The monoisotopic (exact) mass is 264 g/mol. The number of nitrogens with two attached hydrogens (primary N) is 1. The lowest BCUT2D eigenvalue weighted by molar-refractivity contribution is -0.139. The number of hydrogen-bond donors (Lipinski definition) is 4. The van der Waals surface area contributed by atoms with Gasteiger partial charge in [-0.25, -0.2) is 9.40 Å². The number of carboxylic acids is 1. The summed E-state index contributed by atoms with van der Waals surface area (Å²) in [6.07, 6.45) is -1.59. The van der Waals surface area contributed by atoms with Crippen molar-refractivity contribution >= 4 is 11.9 Å². The van der Waals surface area contributed by atoms with E-state index >= 15 is 0 Å². The van der Waals surface area contributed by atoms with Crippen molar-refractivity contribution in [1.29, 1.82) is 0 Å². The van der Waals surface area contributed by atoms with Crippen LogP contribution in [0.2, 0.25) is 0 Å². The van der Waals surface area contributed by atoms with Gasteiger partial charge in [-0.05, 0) is 13.5 Å². The van der Waals surface area contributed by atoms with Crippen molar-refractivity contribution in [2.75, 3.05) is 27.2 Å². The van der Waals surface area contributed by atoms with Crippen molar-refractivity contribution in [1.82, 2.24) is 15.8 Å². The third-order valence-electron chi connectivity index (χ3n) is 2.12. The van der Waals surface area contributed by atoms with Gasteiger partial charge >= 0.3 is 5.97 Å². The van der Waals surface area contributed by atoms with Crippen LogP contribution in [0.3, 0.4) is 0 Å². The average Bonchev–Trinajstić information content (AvgIpc) is 2.14. The highest BCUT2D eigenvalue weighted by molar-refractivity contribution is 5.76. The summed E-state index contributed by atoms with van der Waals surface area (Å²) >= 11 is 0. The molecule has 1 amide bonds. The van der Waals surface area contributed by atoms with Crippen LogP contribution in [0.1, 0.15) is 12.8 Å². The Balaban J connectivity index is 3.89. The highest BCUT2D eigenvalue weighted by atomic mass is 19.1. The maximum Gasteiger partial charge on any atom is 0.319 e. The molecule has 5 N–H and O–H groups in total. The predicted octanol–water partition coefficient (Wildman–Crippen LogP) is -1.30. The summed E-state index contributed by atoms with van der Waals surface area (Å²) in [5.41, 5.74) is 7.87. The number of hydrogen-bond acceptors (Lipinski definition) is 5. The third-order valence-corrected chi connectivity index (χ3v) is 2.12. The second-order valence-electron chi connectivity index (χ2n) is 4.14. The fraction of sp³-hybridized carbons (Fsp3) is 0.800. The average molecular weight is 264 g/mol. The van der Waals surface area contributed by atoms with Gasteiger partial charge in [-0.3, -0.25) is 15.0 Å². The number of halogens is 1. The molecule has 0 unspecified atom stereocenters. The topological polar surface area (TPSA) is 108 Å². The SMILES string of the molecule is CNC[C@H](N)C[C@@H](F)CC(=O)NN(C)CC(=O)O. The number of nitrogens with zero attached hydrogens (tertiary/aromatic N) is 1. The van der Waals surface area contributed by atoms with E-state index in [4.69, 9.17) is 10.8 Å². The Morgan fingerprint density at radius 3 is 2.61 bits per heavy atom. The van der Waals surface area contributed by atoms with Gasteiger partial charge in [0.05, 0.1) is 6.42 Å². The summed E-state index contributed by atoms with van der Waals surface area (Å²) in [5.74, 6) is -1.64. The summed E-state index contributed by atoms with van der Waals surface area (Å²) in [6, 6.07) is -0.352. The molecule has 0 fully saturated rings. The quantitative estimate of drug-likeness (QED) is 0.386. The molecule has 0 aromatic heterocycles. The summed E-state index contributed by atoms with van der Waals surface area (Å²) in [5, 5.41) is 12.4. The fourth-order valence-electron chi connectivity index (χ4n) is 1.46. The third kappa shape index (κ3) is 8.85. The number of nitrogens with one attached hydrogen (secondary N) is 2. The molecule has 0 aliphatic carbocycles. The summed E-state index contributed by atoms with van der Waals surface area (Å²) < 4.78 is 13.4. The van der Waals surface area contributed by atoms with E-state index in [1.54, 1.807) is 7.05 Å². The molecule has 0 rings (SSSR count). The number of carboxylic acid groups (broad SMARTS) is 1. The lowest BCUT2D eigenvalue weighted by Crippen LogP contribution is -2.43. The molecule has 0 saturated carbocycles. The zero-order valence-corrected chi connectivity index (χ0v) is 10.6. The first kappa shape index (κ1) is 16.8. The Kier molecular flexibility index (Phi) is 8.17. The van der Waals surface area contributed by atoms with Gasteiger partial charge in [0.2, 0.25) is 5.91 Å². The van der Waals surface area contributed by atoms with E-state index in [-0.39, 0.29) is 25.4 Å². The normalized spacial score (nSPS) is 14.3. The number of carbonyl (C=O) groups is 2. The van der Waals surface area contributed by atoms with Crippen LogP contribution in [-0.4, -0.2) is 61.4 Å². The minimum atomic E-state index is -1.34. The van der Waals surface area contributed by atoms with Crippen LogP contribution in [0.5, 0.6) is 0 Å². The molecular weight excluding hydrogens is 243 g/mol. The van der Waals surface area contributed by atoms with Crippen molar-refractivity contribution in [2.24, 2.45) is 5.73 Å². The van der Waals surface area contributed by atoms with Crippen molar-refractivity contribution < 1.29 is 19.1 Å². The Bertz CT molecular complexity index is 278. The second-order valence-corrected chi connectivity index (χ2v) is 4.14. The van der Waals surface area contributed by atoms with Crippen molar-refractivity contribution in [3.63, 3.8) is 0 Å². The lowest BCUT2D eigenvalue weighted by Gasteiger charge is -2.18. The number of amides is 1. The molecule has 0 aromatic carbocycles. The van der Waals surface area contributed by atoms with Crippen molar-refractivity contribution in [3.05, 3.63) is 0 Å². The standard InChI is InChI=1S/C10H21FN4O3/c1-13-5-8(12)3-7(11)4-9(16)14-15(2)6-10(17)18/h7-8,13H,3-6,12H2,1-2H3,(H,14,16)(H,17,18)/t7-,8-/m1/s1. The van der Waals surface area contributed by atoms with Gasteiger partial charge in [-0.15, -0.1) is 0 Å². The van der Waals surface area contributed by atoms with Crippen LogP contribution in [0.25, 0.3) is 0 Å². The zero-order valence-electron chi connectivity index (χ0n) is 10.6. The van der Waals surface area contributed by atoms with E-state index in [0.717, 1.165) is 5.01 Å². The van der Waals surface area contributed by atoms with Crippen LogP contribution in [0, 0.1) is 0 Å². The molecule has 0 aliphatic rings. The summed E-state index contributed by atoms with van der Waals surface area (Å²) in [6.45, 7) is 0.128. The van der Waals surface area contributed by atoms with Crippen molar-refractivity contribution in [3.8, 4) is 0 Å². The molecule has 7 nitrogen and oxygen atoms in total. The molecular formula is C10H21FN4O3. The first-order valence-electron chi connectivity index (χ1n) is 5.61. The molecule has 8 heteroatoms. The van der Waals surface area contributed by atoms with Crippen LogP contribution in [0.4, 0.5) is 4.39 Å². The number of hydrazine groups is 1. The van der Waals surface area contributed by atoms with Crippen LogP contribution in [-0.2, 0) is 9.59 Å². The highest BCUT2D eigenvalue weighted by Crippen LogP contribution is 2.05. The Labute approximate surface area is 105 Å². The van der Waals surface area contributed by atoms with Gasteiger partial charge in [0.1, 0.15) is 12.7 Å². The van der Waals surface area contributed by atoms with Gasteiger partial charge in [0.15, 0.2) is 0 Å². The minimum Gasteiger partial charge on any atom is -0.480 e. The van der Waals surface area contributed by atoms with Gasteiger partial charge in [-0.2, -0.15) is 0 Å². The Hall–Kier alpha value is -1.25. The van der Waals surface area contributed by atoms with Crippen molar-refractivity contribution in [2.45, 2.75) is 25.1 Å². The summed E-state index contributed by atoms with van der Waals surface area (Å²) in [7, 11) is 3.10. The van der Waals surface area contributed by atoms with Crippen LogP contribution >= 0.6 is 0 Å². The van der Waals surface area contributed by atoms with Crippen LogP contribution in [0.15, 0.2) is 0 Å². The minimum absolute atomic E-state index is 0.0803. The lowest BCUT2D eigenvalue weighted by atomic mass is 10.1. The molecule has 18 heavy (non-hydrogen) atoms. The summed E-state index contributed by atoms with van der Waals surface area (Å²) in [4.78, 5) is 21.7. The highest BCUT2D eigenvalue weighted by Gasteiger charge is 2.17. The second kappa shape index (κ2) is 8.78. The number of carbonyl (C=O) groups excluding carboxylic acids is 1. The zero-order chi connectivity index (χ0) is 14.1. The van der Waals surface area contributed by atoms with E-state index in [1.165, 1.54) is 7.05 Å². The van der Waals surface area contributed by atoms with E-state index < -0.39 is 18.0 Å². The molecule has 0 aliphatic heterocycles. The first-order chi connectivity index (χ1) is 8.35. The molecule has 0 spiro atoms. The molecule has 0 radical (unpaired) electrons. The number of rotatable bonds is 9. The van der Waals surface area contributed by atoms with E-state index in [2.05, 4.69) is 10.7 Å². The number of aliphatic carboxylic acids is 1. The maximum atomic E-state index is 13.4. The van der Waals surface area contributed by atoms with E-state index in [1.807, 2.05) is 0 Å². The molecule has 0 aromatic rings. The maximum absolute atomic E-state index is 13.4. The van der Waals surface area contributed by atoms with Gasteiger partial charge in [0, 0.05) is 19.6 Å². The first-order valence-corrected chi connectivity index (χ1v) is 5.61. The molecule has 0 saturated heterocycles. The molecule has 2 atom stereocenters. The smallest absolute Gasteiger partial charge is 0.319 e. The molecule has 0 bridgehead atoms.